The van der Waals surface area contributed by atoms with Crippen molar-refractivity contribution in [1.82, 2.24) is 5.43 Å². The van der Waals surface area contributed by atoms with Crippen molar-refractivity contribution >= 4 is 23.2 Å². The Morgan fingerprint density at radius 1 is 1.37 bits per heavy atom. The first-order chi connectivity index (χ1) is 8.93. The van der Waals surface area contributed by atoms with Gasteiger partial charge in [-0.25, -0.2) is 5.43 Å². The van der Waals surface area contributed by atoms with Gasteiger partial charge >= 0.3 is 0 Å². The molecule has 5 heteroatoms. The fourth-order valence-electron chi connectivity index (χ4n) is 1.41. The second kappa shape index (κ2) is 7.14. The second-order valence-electron chi connectivity index (χ2n) is 4.40. The summed E-state index contributed by atoms with van der Waals surface area (Å²) in [5, 5.41) is 4.64. The molecule has 0 aliphatic rings. The van der Waals surface area contributed by atoms with Crippen LogP contribution in [-0.4, -0.2) is 18.2 Å². The summed E-state index contributed by atoms with van der Waals surface area (Å²) in [4.78, 5) is 11.5. The van der Waals surface area contributed by atoms with Gasteiger partial charge in [0.2, 0.25) is 0 Å². The Hall–Kier alpha value is -1.55. The predicted octanol–water partition coefficient (Wildman–Crippen LogP) is 3.24. The summed E-state index contributed by atoms with van der Waals surface area (Å²) in [7, 11) is 0. The van der Waals surface area contributed by atoms with Gasteiger partial charge in [-0.1, -0.05) is 18.5 Å². The molecule has 1 aromatic rings. The number of aryl methyl sites for hydroxylation is 2. The maximum atomic E-state index is 11.5. The molecule has 0 aromatic heterocycles. The van der Waals surface area contributed by atoms with Gasteiger partial charge in [-0.05, 0) is 50.5 Å². The number of carbonyl (C=O) groups is 1. The molecule has 0 heterocycles. The smallest absolute Gasteiger partial charge is 0.277 e. The Labute approximate surface area is 118 Å². The highest BCUT2D eigenvalue weighted by atomic mass is 35.5. The Morgan fingerprint density at radius 3 is 2.47 bits per heavy atom. The summed E-state index contributed by atoms with van der Waals surface area (Å²) >= 11 is 6.06. The van der Waals surface area contributed by atoms with E-state index in [1.807, 2.05) is 39.8 Å². The Bertz CT molecular complexity index is 475. The van der Waals surface area contributed by atoms with Crippen LogP contribution in [0.5, 0.6) is 5.75 Å². The van der Waals surface area contributed by atoms with E-state index in [1.165, 1.54) is 0 Å². The maximum absolute atomic E-state index is 11.5. The zero-order valence-corrected chi connectivity index (χ0v) is 12.5. The Kier molecular flexibility index (Phi) is 5.83. The molecule has 0 radical (unpaired) electrons. The Balaban J connectivity index is 2.55. The van der Waals surface area contributed by atoms with Crippen molar-refractivity contribution in [2.75, 3.05) is 6.61 Å². The van der Waals surface area contributed by atoms with E-state index in [0.717, 1.165) is 28.3 Å². The summed E-state index contributed by atoms with van der Waals surface area (Å²) in [6.45, 7) is 7.56. The number of hydrogen-bond acceptors (Lipinski definition) is 3. The standard InChI is InChI=1S/C14H19ClN2O2/c1-5-11(4)16-17-13(18)8-19-12-6-9(2)14(15)10(3)7-12/h6-7H,5,8H2,1-4H3,(H,17,18)/b16-11-. The van der Waals surface area contributed by atoms with Gasteiger partial charge in [-0.2, -0.15) is 5.10 Å². The van der Waals surface area contributed by atoms with Crippen LogP contribution in [0.15, 0.2) is 17.2 Å². The lowest BCUT2D eigenvalue weighted by molar-refractivity contribution is -0.123. The summed E-state index contributed by atoms with van der Waals surface area (Å²) in [5.41, 5.74) is 5.16. The molecule has 0 aliphatic carbocycles. The van der Waals surface area contributed by atoms with Crippen LogP contribution >= 0.6 is 11.6 Å². The zero-order chi connectivity index (χ0) is 14.4. The van der Waals surface area contributed by atoms with E-state index in [9.17, 15) is 4.79 Å². The fourth-order valence-corrected chi connectivity index (χ4v) is 1.52. The van der Waals surface area contributed by atoms with Crippen molar-refractivity contribution in [2.24, 2.45) is 5.10 Å². The van der Waals surface area contributed by atoms with Gasteiger partial charge in [0, 0.05) is 10.7 Å². The molecule has 1 amide bonds. The Morgan fingerprint density at radius 2 is 1.95 bits per heavy atom. The van der Waals surface area contributed by atoms with Crippen LogP contribution in [-0.2, 0) is 4.79 Å². The van der Waals surface area contributed by atoms with Gasteiger partial charge < -0.3 is 4.74 Å². The number of rotatable bonds is 5. The number of carbonyl (C=O) groups excluding carboxylic acids is 1. The molecule has 0 atom stereocenters. The van der Waals surface area contributed by atoms with Crippen LogP contribution in [0.1, 0.15) is 31.4 Å². The first-order valence-electron chi connectivity index (χ1n) is 6.15. The van der Waals surface area contributed by atoms with Gasteiger partial charge in [0.1, 0.15) is 5.75 Å². The highest BCUT2D eigenvalue weighted by Crippen LogP contribution is 2.25. The summed E-state index contributed by atoms with van der Waals surface area (Å²) < 4.78 is 5.41. The molecule has 0 unspecified atom stereocenters. The van der Waals surface area contributed by atoms with Crippen molar-refractivity contribution in [3.05, 3.63) is 28.3 Å². The van der Waals surface area contributed by atoms with Crippen molar-refractivity contribution in [2.45, 2.75) is 34.1 Å². The number of nitrogens with zero attached hydrogens (tertiary/aromatic N) is 1. The third kappa shape index (κ3) is 4.91. The fraction of sp³-hybridized carbons (Fsp3) is 0.429. The largest absolute Gasteiger partial charge is 0.484 e. The number of benzene rings is 1. The molecule has 0 fully saturated rings. The van der Waals surface area contributed by atoms with E-state index in [2.05, 4.69) is 10.5 Å². The van der Waals surface area contributed by atoms with Crippen LogP contribution in [0.25, 0.3) is 0 Å². The molecular weight excluding hydrogens is 264 g/mol. The molecule has 0 bridgehead atoms. The number of amides is 1. The normalized spacial score (nSPS) is 11.3. The predicted molar refractivity (Wildman–Crippen MR) is 78.0 cm³/mol. The minimum absolute atomic E-state index is 0.0684. The van der Waals surface area contributed by atoms with Crippen molar-refractivity contribution < 1.29 is 9.53 Å². The van der Waals surface area contributed by atoms with Crippen LogP contribution in [0, 0.1) is 13.8 Å². The highest BCUT2D eigenvalue weighted by molar-refractivity contribution is 6.32. The second-order valence-corrected chi connectivity index (χ2v) is 4.77. The van der Waals surface area contributed by atoms with Gasteiger partial charge in [0.05, 0.1) is 0 Å². The monoisotopic (exact) mass is 282 g/mol. The SMILES string of the molecule is CC/C(C)=N\NC(=O)COc1cc(C)c(Cl)c(C)c1. The number of ether oxygens (including phenoxy) is 1. The number of nitrogens with one attached hydrogen (secondary N) is 1. The lowest BCUT2D eigenvalue weighted by Gasteiger charge is -2.09. The van der Waals surface area contributed by atoms with Crippen LogP contribution < -0.4 is 10.2 Å². The van der Waals surface area contributed by atoms with E-state index in [-0.39, 0.29) is 12.5 Å². The van der Waals surface area contributed by atoms with Crippen LogP contribution in [0.3, 0.4) is 0 Å². The topological polar surface area (TPSA) is 50.7 Å². The van der Waals surface area contributed by atoms with E-state index in [4.69, 9.17) is 16.3 Å². The van der Waals surface area contributed by atoms with Crippen molar-refractivity contribution in [3.8, 4) is 5.75 Å². The molecule has 104 valence electrons. The zero-order valence-electron chi connectivity index (χ0n) is 11.7. The molecule has 1 aromatic carbocycles. The van der Waals surface area contributed by atoms with Crippen molar-refractivity contribution in [1.29, 1.82) is 0 Å². The van der Waals surface area contributed by atoms with E-state index in [0.29, 0.717) is 5.75 Å². The minimum Gasteiger partial charge on any atom is -0.484 e. The first kappa shape index (κ1) is 15.5. The highest BCUT2D eigenvalue weighted by Gasteiger charge is 2.06. The van der Waals surface area contributed by atoms with Crippen LogP contribution in [0.4, 0.5) is 0 Å². The number of halogens is 1. The summed E-state index contributed by atoms with van der Waals surface area (Å²) in [5.74, 6) is 0.351. The molecule has 1 N–H and O–H groups in total. The number of hydrogen-bond donors (Lipinski definition) is 1. The molecule has 1 rings (SSSR count). The summed E-state index contributed by atoms with van der Waals surface area (Å²) in [6, 6.07) is 3.62. The van der Waals surface area contributed by atoms with E-state index < -0.39 is 0 Å². The average molecular weight is 283 g/mol. The molecule has 0 aliphatic heterocycles. The van der Waals surface area contributed by atoms with Gasteiger partial charge in [-0.15, -0.1) is 0 Å². The average Bonchev–Trinajstić information content (AvgIpc) is 2.39. The van der Waals surface area contributed by atoms with Crippen molar-refractivity contribution in [3.63, 3.8) is 0 Å². The molecule has 0 spiro atoms. The van der Waals surface area contributed by atoms with Crippen LogP contribution in [0.2, 0.25) is 5.02 Å². The first-order valence-corrected chi connectivity index (χ1v) is 6.53. The molecule has 0 saturated heterocycles. The summed E-state index contributed by atoms with van der Waals surface area (Å²) in [6.07, 6.45) is 0.802. The molecule has 4 nitrogen and oxygen atoms in total. The lowest BCUT2D eigenvalue weighted by Crippen LogP contribution is -2.25. The molecular formula is C14H19ClN2O2. The lowest BCUT2D eigenvalue weighted by atomic mass is 10.1. The minimum atomic E-state index is -0.280. The quantitative estimate of drug-likeness (QED) is 0.666. The molecule has 0 saturated carbocycles. The maximum Gasteiger partial charge on any atom is 0.277 e. The molecule has 19 heavy (non-hydrogen) atoms. The third-order valence-electron chi connectivity index (χ3n) is 2.66. The van der Waals surface area contributed by atoms with Gasteiger partial charge in [-0.3, -0.25) is 4.79 Å². The van der Waals surface area contributed by atoms with Gasteiger partial charge in [0.25, 0.3) is 5.91 Å². The third-order valence-corrected chi connectivity index (χ3v) is 3.26. The van der Waals surface area contributed by atoms with Gasteiger partial charge in [0.15, 0.2) is 6.61 Å². The van der Waals surface area contributed by atoms with E-state index in [1.54, 1.807) is 0 Å². The van der Waals surface area contributed by atoms with E-state index >= 15 is 0 Å². The number of hydrazone groups is 1.